The zero-order chi connectivity index (χ0) is 13.0. The Kier molecular flexibility index (Phi) is 4.44. The molecule has 0 radical (unpaired) electrons. The molecule has 4 nitrogen and oxygen atoms in total. The zero-order valence-electron chi connectivity index (χ0n) is 10.3. The summed E-state index contributed by atoms with van der Waals surface area (Å²) in [6.45, 7) is 1.41. The van der Waals surface area contributed by atoms with Gasteiger partial charge in [0, 0.05) is 24.2 Å². The molecule has 0 spiro atoms. The lowest BCUT2D eigenvalue weighted by atomic mass is 10.2. The summed E-state index contributed by atoms with van der Waals surface area (Å²) in [5.41, 5.74) is 0.508. The minimum atomic E-state index is -0.138. The number of nitrogens with one attached hydrogen (secondary N) is 2. The van der Waals surface area contributed by atoms with Crippen LogP contribution < -0.4 is 15.4 Å². The minimum Gasteiger partial charge on any atom is -0.496 e. The average molecular weight is 269 g/mol. The van der Waals surface area contributed by atoms with Gasteiger partial charge < -0.3 is 15.4 Å². The van der Waals surface area contributed by atoms with E-state index in [-0.39, 0.29) is 5.91 Å². The minimum absolute atomic E-state index is 0.138. The fourth-order valence-corrected chi connectivity index (χ4v) is 1.85. The number of hydrogen-bond donors (Lipinski definition) is 2. The van der Waals surface area contributed by atoms with Gasteiger partial charge in [0.2, 0.25) is 0 Å². The lowest BCUT2D eigenvalue weighted by Crippen LogP contribution is -2.32. The van der Waals surface area contributed by atoms with Crippen molar-refractivity contribution in [2.24, 2.45) is 0 Å². The summed E-state index contributed by atoms with van der Waals surface area (Å²) in [6.07, 6.45) is 2.50. The van der Waals surface area contributed by atoms with Crippen molar-refractivity contribution >= 4 is 17.5 Å². The van der Waals surface area contributed by atoms with E-state index in [1.54, 1.807) is 18.2 Å². The van der Waals surface area contributed by atoms with Crippen LogP contribution in [-0.2, 0) is 0 Å². The highest BCUT2D eigenvalue weighted by atomic mass is 35.5. The van der Waals surface area contributed by atoms with E-state index < -0.39 is 0 Å². The third-order valence-electron chi connectivity index (χ3n) is 2.83. The Hall–Kier alpha value is -1.26. The van der Waals surface area contributed by atoms with Crippen molar-refractivity contribution in [1.82, 2.24) is 10.6 Å². The van der Waals surface area contributed by atoms with Gasteiger partial charge in [-0.2, -0.15) is 0 Å². The third kappa shape index (κ3) is 3.62. The average Bonchev–Trinajstić information content (AvgIpc) is 3.18. The summed E-state index contributed by atoms with van der Waals surface area (Å²) in [7, 11) is 1.52. The Labute approximate surface area is 112 Å². The van der Waals surface area contributed by atoms with Gasteiger partial charge in [-0.15, -0.1) is 0 Å². The van der Waals surface area contributed by atoms with Crippen LogP contribution in [0.15, 0.2) is 18.2 Å². The van der Waals surface area contributed by atoms with Gasteiger partial charge in [-0.1, -0.05) is 11.6 Å². The molecule has 0 bridgehead atoms. The number of halogens is 1. The molecule has 0 heterocycles. The number of hydrogen-bond acceptors (Lipinski definition) is 3. The molecule has 98 valence electrons. The summed E-state index contributed by atoms with van der Waals surface area (Å²) in [5.74, 6) is 0.358. The summed E-state index contributed by atoms with van der Waals surface area (Å²) in [4.78, 5) is 11.9. The largest absolute Gasteiger partial charge is 0.496 e. The molecule has 1 amide bonds. The molecule has 18 heavy (non-hydrogen) atoms. The molecule has 1 aliphatic rings. The highest BCUT2D eigenvalue weighted by Gasteiger charge is 2.19. The van der Waals surface area contributed by atoms with Crippen LogP contribution in [0.1, 0.15) is 23.2 Å². The molecule has 1 aliphatic carbocycles. The second kappa shape index (κ2) is 6.07. The Balaban J connectivity index is 1.86. The van der Waals surface area contributed by atoms with Crippen molar-refractivity contribution in [3.8, 4) is 5.75 Å². The molecule has 2 N–H and O–H groups in total. The van der Waals surface area contributed by atoms with Crippen LogP contribution in [0, 0.1) is 0 Å². The van der Waals surface area contributed by atoms with Crippen LogP contribution in [0.2, 0.25) is 5.02 Å². The van der Waals surface area contributed by atoms with Crippen molar-refractivity contribution in [3.05, 3.63) is 28.8 Å². The van der Waals surface area contributed by atoms with Gasteiger partial charge in [0.05, 0.1) is 12.7 Å². The molecule has 0 unspecified atom stereocenters. The quantitative estimate of drug-likeness (QED) is 0.774. The second-order valence-electron chi connectivity index (χ2n) is 4.33. The zero-order valence-corrected chi connectivity index (χ0v) is 11.1. The molecule has 5 heteroatoms. The molecule has 0 aromatic heterocycles. The van der Waals surface area contributed by atoms with Gasteiger partial charge >= 0.3 is 0 Å². The maximum atomic E-state index is 11.9. The molecule has 0 atom stereocenters. The third-order valence-corrected chi connectivity index (χ3v) is 3.06. The fraction of sp³-hybridized carbons (Fsp3) is 0.462. The van der Waals surface area contributed by atoms with Gasteiger partial charge in [0.1, 0.15) is 5.75 Å². The van der Waals surface area contributed by atoms with Gasteiger partial charge in [-0.05, 0) is 31.0 Å². The van der Waals surface area contributed by atoms with Crippen molar-refractivity contribution < 1.29 is 9.53 Å². The van der Waals surface area contributed by atoms with E-state index in [9.17, 15) is 4.79 Å². The van der Waals surface area contributed by atoms with E-state index >= 15 is 0 Å². The van der Waals surface area contributed by atoms with Crippen LogP contribution in [0.3, 0.4) is 0 Å². The molecule has 1 aromatic carbocycles. The van der Waals surface area contributed by atoms with Gasteiger partial charge in [0.15, 0.2) is 0 Å². The smallest absolute Gasteiger partial charge is 0.255 e. The summed E-state index contributed by atoms with van der Waals surface area (Å²) < 4.78 is 5.14. The van der Waals surface area contributed by atoms with Crippen molar-refractivity contribution in [2.45, 2.75) is 18.9 Å². The van der Waals surface area contributed by atoms with Crippen molar-refractivity contribution in [3.63, 3.8) is 0 Å². The lowest BCUT2D eigenvalue weighted by molar-refractivity contribution is 0.0951. The summed E-state index contributed by atoms with van der Waals surface area (Å²) >= 11 is 5.85. The Morgan fingerprint density at radius 2 is 2.22 bits per heavy atom. The van der Waals surface area contributed by atoms with Gasteiger partial charge in [-0.3, -0.25) is 4.79 Å². The van der Waals surface area contributed by atoms with Crippen molar-refractivity contribution in [1.29, 1.82) is 0 Å². The van der Waals surface area contributed by atoms with E-state index in [2.05, 4.69) is 10.6 Å². The predicted molar refractivity (Wildman–Crippen MR) is 71.4 cm³/mol. The number of carbonyl (C=O) groups is 1. The number of carbonyl (C=O) groups excluding carboxylic acids is 1. The van der Waals surface area contributed by atoms with E-state index in [0.717, 1.165) is 6.54 Å². The Morgan fingerprint density at radius 3 is 2.89 bits per heavy atom. The molecule has 1 aromatic rings. The molecular formula is C13H17ClN2O2. The molecule has 1 fully saturated rings. The highest BCUT2D eigenvalue weighted by Crippen LogP contribution is 2.22. The second-order valence-corrected chi connectivity index (χ2v) is 4.77. The maximum absolute atomic E-state index is 11.9. The first-order valence-electron chi connectivity index (χ1n) is 6.06. The van der Waals surface area contributed by atoms with Crippen LogP contribution in [-0.4, -0.2) is 32.1 Å². The molecule has 0 aliphatic heterocycles. The number of ether oxygens (including phenoxy) is 1. The van der Waals surface area contributed by atoms with Crippen LogP contribution >= 0.6 is 11.6 Å². The number of benzene rings is 1. The first-order valence-corrected chi connectivity index (χ1v) is 6.43. The standard InChI is InChI=1S/C13H17ClN2O2/c1-18-12-8-9(14)2-5-11(12)13(17)16-7-6-15-10-3-4-10/h2,5,8,10,15H,3-4,6-7H2,1H3,(H,16,17). The van der Waals surface area contributed by atoms with E-state index in [4.69, 9.17) is 16.3 Å². The van der Waals surface area contributed by atoms with Gasteiger partial charge in [-0.25, -0.2) is 0 Å². The first kappa shape index (κ1) is 13.2. The topological polar surface area (TPSA) is 50.4 Å². The SMILES string of the molecule is COc1cc(Cl)ccc1C(=O)NCCNC1CC1. The van der Waals surface area contributed by atoms with Crippen LogP contribution in [0.4, 0.5) is 0 Å². The highest BCUT2D eigenvalue weighted by molar-refractivity contribution is 6.30. The van der Waals surface area contributed by atoms with Crippen LogP contribution in [0.5, 0.6) is 5.75 Å². The molecular weight excluding hydrogens is 252 g/mol. The lowest BCUT2D eigenvalue weighted by Gasteiger charge is -2.10. The monoisotopic (exact) mass is 268 g/mol. The Morgan fingerprint density at radius 1 is 1.44 bits per heavy atom. The van der Waals surface area contributed by atoms with Crippen LogP contribution in [0.25, 0.3) is 0 Å². The molecule has 2 rings (SSSR count). The number of methoxy groups -OCH3 is 1. The van der Waals surface area contributed by atoms with Gasteiger partial charge in [0.25, 0.3) is 5.91 Å². The number of amides is 1. The predicted octanol–water partition coefficient (Wildman–Crippen LogP) is 1.83. The normalized spacial score (nSPS) is 14.3. The molecule has 0 saturated heterocycles. The van der Waals surface area contributed by atoms with E-state index in [0.29, 0.717) is 28.9 Å². The summed E-state index contributed by atoms with van der Waals surface area (Å²) in [5, 5.41) is 6.74. The summed E-state index contributed by atoms with van der Waals surface area (Å²) in [6, 6.07) is 5.65. The first-order chi connectivity index (χ1) is 8.70. The fourth-order valence-electron chi connectivity index (χ4n) is 1.69. The van der Waals surface area contributed by atoms with Crippen molar-refractivity contribution in [2.75, 3.05) is 20.2 Å². The molecule has 1 saturated carbocycles. The number of rotatable bonds is 6. The van der Waals surface area contributed by atoms with E-state index in [1.807, 2.05) is 0 Å². The van der Waals surface area contributed by atoms with E-state index in [1.165, 1.54) is 20.0 Å². The maximum Gasteiger partial charge on any atom is 0.255 e. The Bertz CT molecular complexity index is 433.